The molecular weight excluding hydrogens is 190 g/mol. The fourth-order valence-electron chi connectivity index (χ4n) is 1.32. The van der Waals surface area contributed by atoms with Crippen molar-refractivity contribution in [1.29, 1.82) is 0 Å². The first kappa shape index (κ1) is 11.9. The summed E-state index contributed by atoms with van der Waals surface area (Å²) in [6, 6.07) is 3.85. The highest BCUT2D eigenvalue weighted by Gasteiger charge is 2.11. The summed E-state index contributed by atoms with van der Waals surface area (Å²) < 4.78 is 0. The second kappa shape index (κ2) is 5.68. The number of nitrogens with zero attached hydrogens (tertiary/aromatic N) is 1. The maximum atomic E-state index is 9.18. The Morgan fingerprint density at radius 2 is 2.27 bits per heavy atom. The summed E-state index contributed by atoms with van der Waals surface area (Å²) in [5.41, 5.74) is 7.31. The van der Waals surface area contributed by atoms with E-state index in [-0.39, 0.29) is 12.6 Å². The van der Waals surface area contributed by atoms with E-state index in [1.54, 1.807) is 6.20 Å². The van der Waals surface area contributed by atoms with Gasteiger partial charge in [0.25, 0.3) is 0 Å². The molecule has 1 aromatic rings. The minimum Gasteiger partial charge on any atom is -0.394 e. The highest BCUT2D eigenvalue weighted by molar-refractivity contribution is 5.44. The molecule has 0 saturated carbocycles. The Bertz CT molecular complexity index is 302. The van der Waals surface area contributed by atoms with Crippen LogP contribution >= 0.6 is 0 Å². The summed E-state index contributed by atoms with van der Waals surface area (Å²) in [5, 5.41) is 12.4. The number of hydrogen-bond donors (Lipinski definition) is 3. The van der Waals surface area contributed by atoms with Crippen LogP contribution in [-0.4, -0.2) is 22.7 Å². The number of anilines is 1. The van der Waals surface area contributed by atoms with E-state index in [1.807, 2.05) is 12.1 Å². The van der Waals surface area contributed by atoms with Crippen molar-refractivity contribution in [2.45, 2.75) is 26.4 Å². The van der Waals surface area contributed by atoms with E-state index >= 15 is 0 Å². The molecule has 0 fully saturated rings. The molecule has 4 heteroatoms. The summed E-state index contributed by atoms with van der Waals surface area (Å²) in [5.74, 6) is 0.379. The Morgan fingerprint density at radius 3 is 2.80 bits per heavy atom. The second-order valence-corrected chi connectivity index (χ2v) is 3.92. The Hall–Kier alpha value is -1.13. The van der Waals surface area contributed by atoms with Gasteiger partial charge in [-0.2, -0.15) is 0 Å². The van der Waals surface area contributed by atoms with Gasteiger partial charge in [-0.25, -0.2) is 0 Å². The predicted molar refractivity (Wildman–Crippen MR) is 61.5 cm³/mol. The normalized spacial score (nSPS) is 12.9. The maximum absolute atomic E-state index is 9.18. The monoisotopic (exact) mass is 209 g/mol. The van der Waals surface area contributed by atoms with Gasteiger partial charge in [-0.3, -0.25) is 4.98 Å². The Labute approximate surface area is 90.5 Å². The van der Waals surface area contributed by atoms with E-state index in [0.717, 1.165) is 11.4 Å². The third kappa shape index (κ3) is 3.49. The van der Waals surface area contributed by atoms with Gasteiger partial charge in [-0.15, -0.1) is 0 Å². The summed E-state index contributed by atoms with van der Waals surface area (Å²) >= 11 is 0. The lowest BCUT2D eigenvalue weighted by molar-refractivity contribution is 0.249. The lowest BCUT2D eigenvalue weighted by Gasteiger charge is -2.21. The number of rotatable bonds is 5. The van der Waals surface area contributed by atoms with Crippen LogP contribution in [0.15, 0.2) is 18.3 Å². The molecule has 0 bridgehead atoms. The van der Waals surface area contributed by atoms with Gasteiger partial charge in [-0.1, -0.05) is 13.8 Å². The molecule has 0 saturated heterocycles. The molecule has 1 rings (SSSR count). The number of aliphatic hydroxyl groups excluding tert-OH is 1. The molecule has 0 unspecified atom stereocenters. The van der Waals surface area contributed by atoms with Gasteiger partial charge in [0.2, 0.25) is 0 Å². The van der Waals surface area contributed by atoms with Crippen molar-refractivity contribution in [2.24, 2.45) is 11.7 Å². The van der Waals surface area contributed by atoms with E-state index in [9.17, 15) is 5.11 Å². The van der Waals surface area contributed by atoms with Gasteiger partial charge in [0.1, 0.15) is 0 Å². The van der Waals surface area contributed by atoms with Crippen LogP contribution in [0, 0.1) is 5.92 Å². The lowest BCUT2D eigenvalue weighted by atomic mass is 10.1. The summed E-state index contributed by atoms with van der Waals surface area (Å²) in [6.07, 6.45) is 1.72. The molecule has 0 radical (unpaired) electrons. The SMILES string of the molecule is CC(C)[C@@H](CO)Nc1ccnc(CN)c1. The largest absolute Gasteiger partial charge is 0.394 e. The molecule has 15 heavy (non-hydrogen) atoms. The number of hydrogen-bond acceptors (Lipinski definition) is 4. The minimum atomic E-state index is 0.0676. The van der Waals surface area contributed by atoms with Crippen molar-refractivity contribution < 1.29 is 5.11 Å². The number of nitrogens with one attached hydrogen (secondary N) is 1. The van der Waals surface area contributed by atoms with Crippen molar-refractivity contribution in [3.63, 3.8) is 0 Å². The molecule has 0 aromatic carbocycles. The zero-order valence-corrected chi connectivity index (χ0v) is 9.27. The number of aliphatic hydroxyl groups is 1. The molecule has 1 atom stereocenters. The van der Waals surface area contributed by atoms with E-state index in [1.165, 1.54) is 0 Å². The highest BCUT2D eigenvalue weighted by atomic mass is 16.3. The van der Waals surface area contributed by atoms with Crippen LogP contribution in [0.2, 0.25) is 0 Å². The van der Waals surface area contributed by atoms with Crippen LogP contribution in [-0.2, 0) is 6.54 Å². The zero-order valence-electron chi connectivity index (χ0n) is 9.27. The van der Waals surface area contributed by atoms with Gasteiger partial charge in [0, 0.05) is 18.4 Å². The Balaban J connectivity index is 2.70. The van der Waals surface area contributed by atoms with Gasteiger partial charge in [-0.05, 0) is 18.1 Å². The number of nitrogens with two attached hydrogens (primary N) is 1. The summed E-state index contributed by atoms with van der Waals surface area (Å²) in [6.45, 7) is 4.69. The van der Waals surface area contributed by atoms with Crippen LogP contribution in [0.25, 0.3) is 0 Å². The average molecular weight is 209 g/mol. The van der Waals surface area contributed by atoms with Crippen LogP contribution in [0.1, 0.15) is 19.5 Å². The van der Waals surface area contributed by atoms with Crippen molar-refractivity contribution in [2.75, 3.05) is 11.9 Å². The van der Waals surface area contributed by atoms with Crippen molar-refractivity contribution in [3.8, 4) is 0 Å². The van der Waals surface area contributed by atoms with Crippen LogP contribution in [0.5, 0.6) is 0 Å². The van der Waals surface area contributed by atoms with Gasteiger partial charge in [0.15, 0.2) is 0 Å². The van der Waals surface area contributed by atoms with E-state index in [0.29, 0.717) is 12.5 Å². The quantitative estimate of drug-likeness (QED) is 0.675. The van der Waals surface area contributed by atoms with Gasteiger partial charge >= 0.3 is 0 Å². The first-order valence-electron chi connectivity index (χ1n) is 5.19. The first-order chi connectivity index (χ1) is 7.17. The van der Waals surface area contributed by atoms with Crippen LogP contribution in [0.3, 0.4) is 0 Å². The molecule has 4 nitrogen and oxygen atoms in total. The zero-order chi connectivity index (χ0) is 11.3. The van der Waals surface area contributed by atoms with E-state index in [2.05, 4.69) is 24.1 Å². The molecule has 0 aliphatic heterocycles. The molecule has 1 aromatic heterocycles. The third-order valence-corrected chi connectivity index (χ3v) is 2.38. The molecule has 0 aliphatic rings. The number of aromatic nitrogens is 1. The highest BCUT2D eigenvalue weighted by Crippen LogP contribution is 2.12. The molecule has 4 N–H and O–H groups in total. The molecule has 0 aliphatic carbocycles. The topological polar surface area (TPSA) is 71.2 Å². The smallest absolute Gasteiger partial charge is 0.0635 e. The average Bonchev–Trinajstić information content (AvgIpc) is 2.25. The van der Waals surface area contributed by atoms with Crippen molar-refractivity contribution in [3.05, 3.63) is 24.0 Å². The molecule has 1 heterocycles. The van der Waals surface area contributed by atoms with Crippen LogP contribution in [0.4, 0.5) is 5.69 Å². The fraction of sp³-hybridized carbons (Fsp3) is 0.545. The second-order valence-electron chi connectivity index (χ2n) is 3.92. The van der Waals surface area contributed by atoms with E-state index in [4.69, 9.17) is 5.73 Å². The Morgan fingerprint density at radius 1 is 1.53 bits per heavy atom. The summed E-state index contributed by atoms with van der Waals surface area (Å²) in [7, 11) is 0. The minimum absolute atomic E-state index is 0.0676. The molecule has 84 valence electrons. The first-order valence-corrected chi connectivity index (χ1v) is 5.19. The third-order valence-electron chi connectivity index (χ3n) is 2.38. The van der Waals surface area contributed by atoms with Gasteiger partial charge < -0.3 is 16.2 Å². The van der Waals surface area contributed by atoms with Crippen molar-refractivity contribution in [1.82, 2.24) is 4.98 Å². The number of pyridine rings is 1. The maximum Gasteiger partial charge on any atom is 0.0635 e. The lowest BCUT2D eigenvalue weighted by Crippen LogP contribution is -2.29. The Kier molecular flexibility index (Phi) is 4.52. The molecule has 0 amide bonds. The fourth-order valence-corrected chi connectivity index (χ4v) is 1.32. The van der Waals surface area contributed by atoms with Crippen LogP contribution < -0.4 is 11.1 Å². The van der Waals surface area contributed by atoms with E-state index < -0.39 is 0 Å². The molecular formula is C11H19N3O. The molecule has 0 spiro atoms. The van der Waals surface area contributed by atoms with Crippen molar-refractivity contribution >= 4 is 5.69 Å². The summed E-state index contributed by atoms with van der Waals surface area (Å²) in [4.78, 5) is 4.11. The standard InChI is InChI=1S/C11H19N3O/c1-8(2)11(7-15)14-9-3-4-13-10(5-9)6-12/h3-5,8,11,15H,6-7,12H2,1-2H3,(H,13,14)/t11-/m1/s1. The predicted octanol–water partition coefficient (Wildman–Crippen LogP) is 0.969. The van der Waals surface area contributed by atoms with Gasteiger partial charge in [0.05, 0.1) is 18.3 Å².